The molecule has 1 fully saturated rings. The van der Waals surface area contributed by atoms with Gasteiger partial charge in [-0.3, -0.25) is 24.3 Å². The molecule has 1 aromatic heterocycles. The van der Waals surface area contributed by atoms with Crippen molar-refractivity contribution in [1.82, 2.24) is 9.47 Å². The second kappa shape index (κ2) is 6.07. The molecule has 0 N–H and O–H groups in total. The third-order valence-corrected chi connectivity index (χ3v) is 3.71. The zero-order valence-electron chi connectivity index (χ0n) is 12.2. The van der Waals surface area contributed by atoms with Crippen LogP contribution in [-0.2, 0) is 11.3 Å². The van der Waals surface area contributed by atoms with Crippen molar-refractivity contribution in [3.05, 3.63) is 38.8 Å². The van der Waals surface area contributed by atoms with E-state index in [-0.39, 0.29) is 18.1 Å². The fourth-order valence-corrected chi connectivity index (χ4v) is 2.86. The van der Waals surface area contributed by atoms with Crippen molar-refractivity contribution < 1.29 is 9.72 Å². The van der Waals surface area contributed by atoms with Crippen LogP contribution in [0.1, 0.15) is 20.3 Å². The molecular formula is C14H19N3O4. The number of nitrogens with zero attached hydrogens (tertiary/aromatic N) is 3. The predicted molar refractivity (Wildman–Crippen MR) is 76.9 cm³/mol. The molecule has 7 nitrogen and oxygen atoms in total. The molecule has 0 unspecified atom stereocenters. The monoisotopic (exact) mass is 293 g/mol. The third kappa shape index (κ3) is 3.68. The van der Waals surface area contributed by atoms with Crippen LogP contribution in [0.3, 0.4) is 0 Å². The minimum atomic E-state index is -0.578. The Kier molecular flexibility index (Phi) is 4.40. The molecule has 21 heavy (non-hydrogen) atoms. The van der Waals surface area contributed by atoms with Crippen LogP contribution in [0.2, 0.25) is 0 Å². The normalized spacial score (nSPS) is 22.1. The first kappa shape index (κ1) is 15.2. The van der Waals surface area contributed by atoms with E-state index in [2.05, 4.69) is 13.8 Å². The highest BCUT2D eigenvalue weighted by molar-refractivity contribution is 5.76. The lowest BCUT2D eigenvalue weighted by molar-refractivity contribution is -0.385. The van der Waals surface area contributed by atoms with Gasteiger partial charge in [0.25, 0.3) is 11.2 Å². The molecule has 2 atom stereocenters. The Morgan fingerprint density at radius 2 is 1.95 bits per heavy atom. The fraction of sp³-hybridized carbons (Fsp3) is 0.571. The molecule has 1 aromatic rings. The molecule has 2 heterocycles. The van der Waals surface area contributed by atoms with Crippen molar-refractivity contribution in [2.45, 2.75) is 26.8 Å². The van der Waals surface area contributed by atoms with Crippen LogP contribution >= 0.6 is 0 Å². The maximum Gasteiger partial charge on any atom is 0.285 e. The van der Waals surface area contributed by atoms with E-state index in [1.54, 1.807) is 4.90 Å². The Morgan fingerprint density at radius 3 is 2.52 bits per heavy atom. The summed E-state index contributed by atoms with van der Waals surface area (Å²) in [5.41, 5.74) is -0.602. The molecule has 1 amide bonds. The summed E-state index contributed by atoms with van der Waals surface area (Å²) in [4.78, 5) is 35.9. The van der Waals surface area contributed by atoms with Gasteiger partial charge in [-0.1, -0.05) is 13.8 Å². The number of amides is 1. The van der Waals surface area contributed by atoms with Gasteiger partial charge in [-0.2, -0.15) is 0 Å². The van der Waals surface area contributed by atoms with Gasteiger partial charge in [0.2, 0.25) is 5.91 Å². The molecule has 0 saturated carbocycles. The van der Waals surface area contributed by atoms with E-state index >= 15 is 0 Å². The predicted octanol–water partition coefficient (Wildman–Crippen LogP) is 1.26. The molecule has 1 saturated heterocycles. The van der Waals surface area contributed by atoms with Crippen molar-refractivity contribution in [3.8, 4) is 0 Å². The topological polar surface area (TPSA) is 85.4 Å². The van der Waals surface area contributed by atoms with Crippen molar-refractivity contribution in [2.75, 3.05) is 13.1 Å². The summed E-state index contributed by atoms with van der Waals surface area (Å²) in [5.74, 6) is 0.690. The summed E-state index contributed by atoms with van der Waals surface area (Å²) in [6.07, 6.45) is 2.21. The Hall–Kier alpha value is -2.18. The van der Waals surface area contributed by atoms with Crippen LogP contribution in [0.5, 0.6) is 0 Å². The van der Waals surface area contributed by atoms with E-state index in [0.717, 1.165) is 29.3 Å². The highest BCUT2D eigenvalue weighted by Crippen LogP contribution is 2.21. The minimum Gasteiger partial charge on any atom is -0.341 e. The SMILES string of the molecule is C[C@@H]1C[C@H](C)CN(C(=O)Cn2cc([N+](=O)[O-])ccc2=O)C1. The number of rotatable bonds is 3. The van der Waals surface area contributed by atoms with E-state index in [1.165, 1.54) is 0 Å². The number of nitro groups is 1. The van der Waals surface area contributed by atoms with E-state index in [4.69, 9.17) is 0 Å². The zero-order valence-corrected chi connectivity index (χ0v) is 12.2. The number of aromatic nitrogens is 1. The van der Waals surface area contributed by atoms with Gasteiger partial charge in [0.15, 0.2) is 0 Å². The fourth-order valence-electron chi connectivity index (χ4n) is 2.86. The average molecular weight is 293 g/mol. The van der Waals surface area contributed by atoms with Crippen LogP contribution in [0, 0.1) is 22.0 Å². The Morgan fingerprint density at radius 1 is 1.33 bits per heavy atom. The number of carbonyl (C=O) groups excluding carboxylic acids is 1. The molecule has 0 aromatic carbocycles. The number of hydrogen-bond acceptors (Lipinski definition) is 4. The summed E-state index contributed by atoms with van der Waals surface area (Å²) < 4.78 is 1.10. The molecule has 0 radical (unpaired) electrons. The summed E-state index contributed by atoms with van der Waals surface area (Å²) >= 11 is 0. The van der Waals surface area contributed by atoms with Gasteiger partial charge in [-0.05, 0) is 18.3 Å². The second-order valence-corrected chi connectivity index (χ2v) is 5.86. The highest BCUT2D eigenvalue weighted by atomic mass is 16.6. The number of pyridine rings is 1. The molecule has 0 bridgehead atoms. The third-order valence-electron chi connectivity index (χ3n) is 3.71. The number of hydrogen-bond donors (Lipinski definition) is 0. The number of carbonyl (C=O) groups is 1. The van der Waals surface area contributed by atoms with Gasteiger partial charge in [0.05, 0.1) is 11.1 Å². The first-order valence-corrected chi connectivity index (χ1v) is 6.99. The molecular weight excluding hydrogens is 274 g/mol. The van der Waals surface area contributed by atoms with E-state index < -0.39 is 10.5 Å². The molecule has 0 spiro atoms. The maximum atomic E-state index is 12.3. The minimum absolute atomic E-state index is 0.153. The lowest BCUT2D eigenvalue weighted by Gasteiger charge is -2.35. The van der Waals surface area contributed by atoms with Crippen LogP contribution in [0.15, 0.2) is 23.1 Å². The van der Waals surface area contributed by atoms with Crippen molar-refractivity contribution in [1.29, 1.82) is 0 Å². The summed E-state index contributed by atoms with van der Waals surface area (Å²) in [5, 5.41) is 10.7. The molecule has 2 rings (SSSR count). The first-order chi connectivity index (χ1) is 9.86. The zero-order chi connectivity index (χ0) is 15.6. The largest absolute Gasteiger partial charge is 0.341 e. The Bertz CT molecular complexity index is 600. The van der Waals surface area contributed by atoms with Crippen molar-refractivity contribution in [2.24, 2.45) is 11.8 Å². The van der Waals surface area contributed by atoms with Crippen LogP contribution < -0.4 is 5.56 Å². The molecule has 7 heteroatoms. The van der Waals surface area contributed by atoms with Gasteiger partial charge in [0.1, 0.15) is 6.54 Å². The lowest BCUT2D eigenvalue weighted by Crippen LogP contribution is -2.44. The Balaban J connectivity index is 2.14. The number of piperidine rings is 1. The Labute approximate surface area is 122 Å². The van der Waals surface area contributed by atoms with Crippen LogP contribution in [-0.4, -0.2) is 33.4 Å². The van der Waals surface area contributed by atoms with Crippen molar-refractivity contribution in [3.63, 3.8) is 0 Å². The number of likely N-dealkylation sites (tertiary alicyclic amines) is 1. The van der Waals surface area contributed by atoms with E-state index in [1.807, 2.05) is 0 Å². The summed E-state index contributed by atoms with van der Waals surface area (Å²) in [7, 11) is 0. The summed E-state index contributed by atoms with van der Waals surface area (Å²) in [6.45, 7) is 5.38. The van der Waals surface area contributed by atoms with Gasteiger partial charge in [0, 0.05) is 25.2 Å². The van der Waals surface area contributed by atoms with Crippen LogP contribution in [0.4, 0.5) is 5.69 Å². The van der Waals surface area contributed by atoms with Crippen LogP contribution in [0.25, 0.3) is 0 Å². The second-order valence-electron chi connectivity index (χ2n) is 5.86. The van der Waals surface area contributed by atoms with Gasteiger partial charge in [-0.25, -0.2) is 0 Å². The van der Waals surface area contributed by atoms with Gasteiger partial charge < -0.3 is 4.90 Å². The molecule has 0 aliphatic carbocycles. The summed E-state index contributed by atoms with van der Waals surface area (Å²) in [6, 6.07) is 2.27. The van der Waals surface area contributed by atoms with Gasteiger partial charge in [-0.15, -0.1) is 0 Å². The smallest absolute Gasteiger partial charge is 0.285 e. The van der Waals surface area contributed by atoms with Gasteiger partial charge >= 0.3 is 0 Å². The van der Waals surface area contributed by atoms with E-state index in [9.17, 15) is 19.7 Å². The molecule has 1 aliphatic heterocycles. The quantitative estimate of drug-likeness (QED) is 0.620. The van der Waals surface area contributed by atoms with Crippen molar-refractivity contribution >= 4 is 11.6 Å². The first-order valence-electron chi connectivity index (χ1n) is 6.99. The standard InChI is InChI=1S/C14H19N3O4/c1-10-5-11(2)7-15(6-10)14(19)9-16-8-12(17(20)21)3-4-13(16)18/h3-4,8,10-11H,5-7,9H2,1-2H3/t10-,11+. The molecule has 1 aliphatic rings. The van der Waals surface area contributed by atoms with E-state index in [0.29, 0.717) is 24.9 Å². The molecule has 114 valence electrons. The average Bonchev–Trinajstić information content (AvgIpc) is 2.39. The highest BCUT2D eigenvalue weighted by Gasteiger charge is 2.25. The maximum absolute atomic E-state index is 12.3. The lowest BCUT2D eigenvalue weighted by atomic mass is 9.92.